The van der Waals surface area contributed by atoms with E-state index in [9.17, 15) is 14.0 Å². The molecule has 0 saturated heterocycles. The molecule has 3 rings (SSSR count). The van der Waals surface area contributed by atoms with Crippen LogP contribution in [-0.2, 0) is 11.3 Å². The molecule has 3 aromatic rings. The summed E-state index contributed by atoms with van der Waals surface area (Å²) in [4.78, 5) is 34.4. The number of pyridine rings is 1. The van der Waals surface area contributed by atoms with Crippen LogP contribution in [0, 0.1) is 5.82 Å². The Kier molecular flexibility index (Phi) is 7.46. The molecule has 0 spiro atoms. The standard InChI is InChI=1S/C21H21Cl2FN4O3/c1-12(2)26-18(29)11-28-20(13-4-5-17(24)16(23)8-13)27-19-15(21(28)30)9-14(10-25-19)31-7-3-6-22/h4-5,8-10,12H,3,6-7,11H2,1-2H3,(H,26,29). The van der Waals surface area contributed by atoms with Crippen molar-refractivity contribution in [2.24, 2.45) is 0 Å². The van der Waals surface area contributed by atoms with Crippen LogP contribution in [0.25, 0.3) is 22.4 Å². The monoisotopic (exact) mass is 466 g/mol. The Bertz CT molecular complexity index is 1170. The van der Waals surface area contributed by atoms with E-state index < -0.39 is 11.4 Å². The summed E-state index contributed by atoms with van der Waals surface area (Å²) in [5, 5.41) is 2.81. The van der Waals surface area contributed by atoms with Gasteiger partial charge in [0.05, 0.1) is 23.2 Å². The van der Waals surface area contributed by atoms with Crippen molar-refractivity contribution < 1.29 is 13.9 Å². The highest BCUT2D eigenvalue weighted by molar-refractivity contribution is 6.31. The number of hydrogen-bond donors (Lipinski definition) is 1. The van der Waals surface area contributed by atoms with Crippen molar-refractivity contribution in [2.45, 2.75) is 32.9 Å². The fourth-order valence-electron chi connectivity index (χ4n) is 2.92. The third kappa shape index (κ3) is 5.51. The van der Waals surface area contributed by atoms with Crippen LogP contribution in [0.2, 0.25) is 5.02 Å². The van der Waals surface area contributed by atoms with E-state index in [1.807, 2.05) is 13.8 Å². The number of rotatable bonds is 8. The van der Waals surface area contributed by atoms with E-state index in [0.717, 1.165) is 0 Å². The Hall–Kier alpha value is -2.71. The largest absolute Gasteiger partial charge is 0.492 e. The first-order valence-corrected chi connectivity index (χ1v) is 10.6. The van der Waals surface area contributed by atoms with Crippen LogP contribution in [0.4, 0.5) is 4.39 Å². The maximum Gasteiger partial charge on any atom is 0.263 e. The molecule has 164 valence electrons. The molecule has 0 aliphatic heterocycles. The lowest BCUT2D eigenvalue weighted by Gasteiger charge is -2.15. The lowest BCUT2D eigenvalue weighted by atomic mass is 10.2. The molecular weight excluding hydrogens is 446 g/mol. The zero-order valence-electron chi connectivity index (χ0n) is 17.0. The van der Waals surface area contributed by atoms with E-state index in [-0.39, 0.29) is 40.4 Å². The first-order valence-electron chi connectivity index (χ1n) is 9.64. The van der Waals surface area contributed by atoms with Crippen molar-refractivity contribution in [3.8, 4) is 17.1 Å². The van der Waals surface area contributed by atoms with Gasteiger partial charge in [0.2, 0.25) is 5.91 Å². The Labute approximate surface area is 188 Å². The Morgan fingerprint density at radius 1 is 1.32 bits per heavy atom. The molecule has 0 atom stereocenters. The van der Waals surface area contributed by atoms with Crippen molar-refractivity contribution in [1.29, 1.82) is 0 Å². The normalized spacial score (nSPS) is 11.2. The molecule has 0 unspecified atom stereocenters. The number of benzene rings is 1. The highest BCUT2D eigenvalue weighted by Crippen LogP contribution is 2.25. The van der Waals surface area contributed by atoms with Crippen LogP contribution in [0.5, 0.6) is 5.75 Å². The van der Waals surface area contributed by atoms with Crippen LogP contribution in [0.1, 0.15) is 20.3 Å². The molecule has 31 heavy (non-hydrogen) atoms. The van der Waals surface area contributed by atoms with Crippen molar-refractivity contribution >= 4 is 40.1 Å². The fraction of sp³-hybridized carbons (Fsp3) is 0.333. The highest BCUT2D eigenvalue weighted by atomic mass is 35.5. The lowest BCUT2D eigenvalue weighted by Crippen LogP contribution is -2.37. The number of alkyl halides is 1. The predicted octanol–water partition coefficient (Wildman–Crippen LogP) is 3.78. The van der Waals surface area contributed by atoms with Crippen molar-refractivity contribution in [3.63, 3.8) is 0 Å². The number of halogens is 3. The molecule has 0 bridgehead atoms. The highest BCUT2D eigenvalue weighted by Gasteiger charge is 2.18. The van der Waals surface area contributed by atoms with Crippen LogP contribution >= 0.6 is 23.2 Å². The summed E-state index contributed by atoms with van der Waals surface area (Å²) >= 11 is 11.6. The number of ether oxygens (including phenoxy) is 1. The quantitative estimate of drug-likeness (QED) is 0.403. The van der Waals surface area contributed by atoms with E-state index in [1.165, 1.54) is 35.0 Å². The van der Waals surface area contributed by atoms with Gasteiger partial charge >= 0.3 is 0 Å². The molecule has 1 amide bonds. The molecule has 0 aliphatic rings. The molecule has 10 heteroatoms. The van der Waals surface area contributed by atoms with Crippen molar-refractivity contribution in [1.82, 2.24) is 19.9 Å². The zero-order valence-corrected chi connectivity index (χ0v) is 18.5. The summed E-state index contributed by atoms with van der Waals surface area (Å²) in [5.41, 5.74) is 0.0762. The smallest absolute Gasteiger partial charge is 0.263 e. The van der Waals surface area contributed by atoms with Crippen LogP contribution < -0.4 is 15.6 Å². The molecule has 1 N–H and O–H groups in total. The number of nitrogens with one attached hydrogen (secondary N) is 1. The third-order valence-corrected chi connectivity index (χ3v) is 4.82. The summed E-state index contributed by atoms with van der Waals surface area (Å²) in [7, 11) is 0. The van der Waals surface area contributed by atoms with Gasteiger partial charge in [-0.05, 0) is 44.5 Å². The molecule has 2 heterocycles. The van der Waals surface area contributed by atoms with Gasteiger partial charge in [-0.15, -0.1) is 11.6 Å². The van der Waals surface area contributed by atoms with Crippen molar-refractivity contribution in [3.05, 3.63) is 51.7 Å². The molecular formula is C21H21Cl2FN4O3. The molecule has 1 aromatic carbocycles. The molecule has 7 nitrogen and oxygen atoms in total. The zero-order chi connectivity index (χ0) is 22.5. The summed E-state index contributed by atoms with van der Waals surface area (Å²) in [6.07, 6.45) is 2.10. The first kappa shape index (κ1) is 23.0. The van der Waals surface area contributed by atoms with E-state index in [0.29, 0.717) is 30.2 Å². The van der Waals surface area contributed by atoms with Gasteiger partial charge in [0.15, 0.2) is 5.65 Å². The van der Waals surface area contributed by atoms with Crippen LogP contribution in [0.15, 0.2) is 35.3 Å². The number of amides is 1. The van der Waals surface area contributed by atoms with Gasteiger partial charge in [-0.3, -0.25) is 14.2 Å². The van der Waals surface area contributed by atoms with Gasteiger partial charge in [0, 0.05) is 17.5 Å². The number of hydrogen-bond acceptors (Lipinski definition) is 5. The van der Waals surface area contributed by atoms with Gasteiger partial charge in [0.1, 0.15) is 23.9 Å². The molecule has 0 aliphatic carbocycles. The summed E-state index contributed by atoms with van der Waals surface area (Å²) in [6.45, 7) is 3.73. The number of aromatic nitrogens is 3. The van der Waals surface area contributed by atoms with E-state index in [2.05, 4.69) is 15.3 Å². The Balaban J connectivity index is 2.14. The Morgan fingerprint density at radius 3 is 2.77 bits per heavy atom. The molecule has 0 saturated carbocycles. The predicted molar refractivity (Wildman–Crippen MR) is 118 cm³/mol. The average molecular weight is 467 g/mol. The molecule has 0 radical (unpaired) electrons. The van der Waals surface area contributed by atoms with Gasteiger partial charge in [-0.1, -0.05) is 11.6 Å². The number of nitrogens with zero attached hydrogens (tertiary/aromatic N) is 3. The van der Waals surface area contributed by atoms with Gasteiger partial charge in [-0.25, -0.2) is 14.4 Å². The average Bonchev–Trinajstić information content (AvgIpc) is 2.72. The van der Waals surface area contributed by atoms with E-state index >= 15 is 0 Å². The van der Waals surface area contributed by atoms with Crippen LogP contribution in [-0.4, -0.2) is 39.0 Å². The van der Waals surface area contributed by atoms with Gasteiger partial charge in [-0.2, -0.15) is 0 Å². The second kappa shape index (κ2) is 10.1. The maximum atomic E-state index is 13.7. The van der Waals surface area contributed by atoms with E-state index in [4.69, 9.17) is 27.9 Å². The van der Waals surface area contributed by atoms with Gasteiger partial charge in [0.25, 0.3) is 5.56 Å². The van der Waals surface area contributed by atoms with Crippen LogP contribution in [0.3, 0.4) is 0 Å². The maximum absolute atomic E-state index is 13.7. The second-order valence-corrected chi connectivity index (χ2v) is 7.90. The minimum absolute atomic E-state index is 0.107. The third-order valence-electron chi connectivity index (χ3n) is 4.26. The minimum Gasteiger partial charge on any atom is -0.492 e. The SMILES string of the molecule is CC(C)NC(=O)Cn1c(-c2ccc(F)c(Cl)c2)nc2ncc(OCCCCl)cc2c1=O. The number of carbonyl (C=O) groups excluding carboxylic acids is 1. The number of fused-ring (bicyclic) bond motifs is 1. The summed E-state index contributed by atoms with van der Waals surface area (Å²) in [6, 6.07) is 5.39. The fourth-order valence-corrected chi connectivity index (χ4v) is 3.21. The van der Waals surface area contributed by atoms with Gasteiger partial charge < -0.3 is 10.1 Å². The molecule has 0 fully saturated rings. The second-order valence-electron chi connectivity index (χ2n) is 7.11. The lowest BCUT2D eigenvalue weighted by molar-refractivity contribution is -0.122. The summed E-state index contributed by atoms with van der Waals surface area (Å²) in [5.74, 6) is 0.0304. The Morgan fingerprint density at radius 2 is 2.10 bits per heavy atom. The summed E-state index contributed by atoms with van der Waals surface area (Å²) < 4.78 is 20.4. The van der Waals surface area contributed by atoms with Crippen molar-refractivity contribution in [2.75, 3.05) is 12.5 Å². The first-order chi connectivity index (χ1) is 14.8. The molecule has 2 aromatic heterocycles. The minimum atomic E-state index is -0.602. The van der Waals surface area contributed by atoms with E-state index in [1.54, 1.807) is 0 Å². The topological polar surface area (TPSA) is 86.1 Å². The number of carbonyl (C=O) groups is 1.